The smallest absolute Gasteiger partial charge is 0.324 e. The zero-order valence-electron chi connectivity index (χ0n) is 13.3. The van der Waals surface area contributed by atoms with Crippen molar-refractivity contribution in [3.05, 3.63) is 35.2 Å². The van der Waals surface area contributed by atoms with Crippen LogP contribution in [0.25, 0.3) is 4.85 Å². The van der Waals surface area contributed by atoms with E-state index in [1.54, 1.807) is 6.92 Å². The van der Waals surface area contributed by atoms with Gasteiger partial charge in [-0.05, 0) is 25.5 Å². The molecule has 1 aromatic carbocycles. The average Bonchev–Trinajstić information content (AvgIpc) is 2.89. The van der Waals surface area contributed by atoms with Crippen LogP contribution in [0.1, 0.15) is 38.7 Å². The molecule has 1 aliphatic rings. The lowest BCUT2D eigenvalue weighted by Gasteiger charge is -2.23. The Kier molecular flexibility index (Phi) is 4.83. The van der Waals surface area contributed by atoms with Crippen molar-refractivity contribution in [2.45, 2.75) is 44.8 Å². The van der Waals surface area contributed by atoms with E-state index < -0.39 is 28.9 Å². The zero-order chi connectivity index (χ0) is 18.0. The fraction of sp³-hybridized carbons (Fsp3) is 0.438. The number of benzene rings is 1. The van der Waals surface area contributed by atoms with Gasteiger partial charge in [0.05, 0.1) is 12.1 Å². The second kappa shape index (κ2) is 6.51. The van der Waals surface area contributed by atoms with Gasteiger partial charge in [-0.15, -0.1) is 0 Å². The van der Waals surface area contributed by atoms with Gasteiger partial charge in [0.1, 0.15) is 5.54 Å². The van der Waals surface area contributed by atoms with Gasteiger partial charge < -0.3 is 5.32 Å². The molecule has 0 saturated carbocycles. The van der Waals surface area contributed by atoms with Gasteiger partial charge in [-0.3, -0.25) is 10.2 Å². The van der Waals surface area contributed by atoms with Gasteiger partial charge in [0.15, 0.2) is 5.69 Å². The van der Waals surface area contributed by atoms with Crippen molar-refractivity contribution in [3.63, 3.8) is 0 Å². The predicted molar refractivity (Wildman–Crippen MR) is 84.8 cm³/mol. The number of hydrazone groups is 1. The van der Waals surface area contributed by atoms with Crippen LogP contribution in [-0.4, -0.2) is 17.2 Å². The third-order valence-corrected chi connectivity index (χ3v) is 3.74. The molecule has 24 heavy (non-hydrogen) atoms. The van der Waals surface area contributed by atoms with Gasteiger partial charge in [0.25, 0.3) is 5.91 Å². The first kappa shape index (κ1) is 17.8. The molecular weight excluding hydrogens is 321 g/mol. The minimum Gasteiger partial charge on any atom is -0.324 e. The number of hydrogen-bond donors (Lipinski definition) is 2. The number of amides is 1. The van der Waals surface area contributed by atoms with Gasteiger partial charge in [-0.25, -0.2) is 4.85 Å². The molecule has 0 aliphatic carbocycles. The van der Waals surface area contributed by atoms with E-state index in [0.29, 0.717) is 6.42 Å². The van der Waals surface area contributed by atoms with Crippen molar-refractivity contribution in [1.82, 2.24) is 5.43 Å². The third kappa shape index (κ3) is 3.67. The number of anilines is 1. The summed E-state index contributed by atoms with van der Waals surface area (Å²) in [5.74, 6) is -0.471. The van der Waals surface area contributed by atoms with E-state index in [1.165, 1.54) is 6.07 Å². The van der Waals surface area contributed by atoms with Crippen LogP contribution < -0.4 is 10.7 Å². The molecule has 1 heterocycles. The molecule has 0 bridgehead atoms. The van der Waals surface area contributed by atoms with E-state index in [9.17, 15) is 18.0 Å². The van der Waals surface area contributed by atoms with Crippen molar-refractivity contribution in [1.29, 1.82) is 0 Å². The lowest BCUT2D eigenvalue weighted by atomic mass is 9.94. The summed E-state index contributed by atoms with van der Waals surface area (Å²) in [6, 6.07) is 3.11. The van der Waals surface area contributed by atoms with Gasteiger partial charge in [0, 0.05) is 17.8 Å². The molecule has 2 rings (SSSR count). The highest BCUT2D eigenvalue weighted by Crippen LogP contribution is 2.38. The number of halogens is 3. The molecule has 1 aromatic rings. The molecule has 0 spiro atoms. The second-order valence-electron chi connectivity index (χ2n) is 5.84. The Morgan fingerprint density at radius 1 is 1.50 bits per heavy atom. The first-order valence-electron chi connectivity index (χ1n) is 7.42. The van der Waals surface area contributed by atoms with Gasteiger partial charge in [0.2, 0.25) is 0 Å². The summed E-state index contributed by atoms with van der Waals surface area (Å²) in [6.45, 7) is 10.5. The molecule has 128 valence electrons. The lowest BCUT2D eigenvalue weighted by molar-refractivity contribution is -0.136. The van der Waals surface area contributed by atoms with Crippen LogP contribution in [0.5, 0.6) is 0 Å². The topological polar surface area (TPSA) is 57.9 Å². The number of nitrogens with zero attached hydrogens (tertiary/aromatic N) is 2. The highest BCUT2D eigenvalue weighted by Gasteiger charge is 2.39. The van der Waals surface area contributed by atoms with Crippen molar-refractivity contribution in [2.24, 2.45) is 5.10 Å². The summed E-state index contributed by atoms with van der Waals surface area (Å²) in [7, 11) is 0. The Bertz CT molecular complexity index is 721. The van der Waals surface area contributed by atoms with Gasteiger partial charge >= 0.3 is 6.18 Å². The van der Waals surface area contributed by atoms with E-state index in [-0.39, 0.29) is 5.69 Å². The number of alkyl halides is 3. The minimum atomic E-state index is -4.66. The fourth-order valence-electron chi connectivity index (χ4n) is 2.46. The summed E-state index contributed by atoms with van der Waals surface area (Å²) < 4.78 is 38.9. The summed E-state index contributed by atoms with van der Waals surface area (Å²) in [5.41, 5.74) is 1.04. The number of nitrogens with one attached hydrogen (secondary N) is 2. The number of carbonyl (C=O) groups excluding carboxylic acids is 1. The molecule has 5 nitrogen and oxygen atoms in total. The summed E-state index contributed by atoms with van der Waals surface area (Å²) in [5, 5.41) is 6.58. The molecule has 1 amide bonds. The van der Waals surface area contributed by atoms with Crippen LogP contribution in [0.15, 0.2) is 23.3 Å². The van der Waals surface area contributed by atoms with Crippen molar-refractivity contribution in [2.75, 3.05) is 5.32 Å². The van der Waals surface area contributed by atoms with Crippen LogP contribution in [0.4, 0.5) is 24.5 Å². The van der Waals surface area contributed by atoms with E-state index in [1.807, 2.05) is 6.92 Å². The second-order valence-corrected chi connectivity index (χ2v) is 5.84. The Morgan fingerprint density at radius 3 is 2.79 bits per heavy atom. The van der Waals surface area contributed by atoms with Crippen LogP contribution in [0.2, 0.25) is 0 Å². The number of rotatable bonds is 4. The standard InChI is InChI=1S/C16H17F3N4O/c1-4-5-11-9-15(2,23-22-11)14(24)21-10-6-7-13(20-3)12(8-10)16(17,18)19/h6-8,23H,4-5,9H2,1-2H3,(H,21,24). The molecule has 1 atom stereocenters. The predicted octanol–water partition coefficient (Wildman–Crippen LogP) is 4.10. The van der Waals surface area contributed by atoms with E-state index in [4.69, 9.17) is 6.57 Å². The molecule has 8 heteroatoms. The lowest BCUT2D eigenvalue weighted by Crippen LogP contribution is -2.47. The Labute approximate surface area is 137 Å². The maximum atomic E-state index is 13.0. The Balaban J connectivity index is 2.17. The maximum absolute atomic E-state index is 13.0. The largest absolute Gasteiger partial charge is 0.407 e. The number of carbonyl (C=O) groups is 1. The number of hydrogen-bond acceptors (Lipinski definition) is 3. The van der Waals surface area contributed by atoms with Crippen molar-refractivity contribution < 1.29 is 18.0 Å². The summed E-state index contributed by atoms with van der Waals surface area (Å²) in [6.07, 6.45) is -2.61. The first-order chi connectivity index (χ1) is 11.2. The molecule has 1 unspecified atom stereocenters. The van der Waals surface area contributed by atoms with Crippen LogP contribution in [0, 0.1) is 6.57 Å². The van der Waals surface area contributed by atoms with Crippen molar-refractivity contribution in [3.8, 4) is 0 Å². The normalized spacial score (nSPS) is 20.1. The van der Waals surface area contributed by atoms with E-state index in [0.717, 1.165) is 30.7 Å². The maximum Gasteiger partial charge on any atom is 0.407 e. The molecule has 0 aromatic heterocycles. The fourth-order valence-corrected chi connectivity index (χ4v) is 2.46. The highest BCUT2D eigenvalue weighted by atomic mass is 19.4. The quantitative estimate of drug-likeness (QED) is 0.812. The summed E-state index contributed by atoms with van der Waals surface area (Å²) in [4.78, 5) is 15.3. The van der Waals surface area contributed by atoms with Crippen molar-refractivity contribution >= 4 is 23.0 Å². The Morgan fingerprint density at radius 2 is 2.21 bits per heavy atom. The van der Waals surface area contributed by atoms with Gasteiger partial charge in [-0.2, -0.15) is 18.3 Å². The molecular formula is C16H17F3N4O. The monoisotopic (exact) mass is 338 g/mol. The molecule has 0 radical (unpaired) electrons. The molecule has 0 saturated heterocycles. The third-order valence-electron chi connectivity index (χ3n) is 3.74. The van der Waals surface area contributed by atoms with Gasteiger partial charge in [-0.1, -0.05) is 19.4 Å². The van der Waals surface area contributed by atoms with Crippen LogP contribution >= 0.6 is 0 Å². The first-order valence-corrected chi connectivity index (χ1v) is 7.42. The van der Waals surface area contributed by atoms with Crippen LogP contribution in [0.3, 0.4) is 0 Å². The highest BCUT2D eigenvalue weighted by molar-refractivity contribution is 6.03. The molecule has 2 N–H and O–H groups in total. The SMILES string of the molecule is [C-]#[N+]c1ccc(NC(=O)C2(C)CC(CCC)=NN2)cc1C(F)(F)F. The molecule has 1 aliphatic heterocycles. The molecule has 0 fully saturated rings. The summed E-state index contributed by atoms with van der Waals surface area (Å²) >= 11 is 0. The minimum absolute atomic E-state index is 0.00769. The van der Waals surface area contributed by atoms with E-state index in [2.05, 4.69) is 20.7 Å². The zero-order valence-corrected chi connectivity index (χ0v) is 13.3. The average molecular weight is 338 g/mol. The van der Waals surface area contributed by atoms with E-state index >= 15 is 0 Å². The Hall–Kier alpha value is -2.56. The van der Waals surface area contributed by atoms with Crippen LogP contribution in [-0.2, 0) is 11.0 Å².